The third-order valence-corrected chi connectivity index (χ3v) is 3.47. The van der Waals surface area contributed by atoms with Crippen molar-refractivity contribution in [2.75, 3.05) is 7.11 Å². The molecule has 0 unspecified atom stereocenters. The fourth-order valence-corrected chi connectivity index (χ4v) is 2.13. The molecule has 0 spiro atoms. The van der Waals surface area contributed by atoms with Crippen LogP contribution in [0.5, 0.6) is 17.2 Å². The molecule has 0 fully saturated rings. The van der Waals surface area contributed by atoms with Crippen molar-refractivity contribution >= 4 is 11.6 Å². The van der Waals surface area contributed by atoms with Crippen molar-refractivity contribution in [3.63, 3.8) is 0 Å². The summed E-state index contributed by atoms with van der Waals surface area (Å²) in [5.74, 6) is -1.82. The van der Waals surface area contributed by atoms with Gasteiger partial charge >= 0.3 is 0 Å². The van der Waals surface area contributed by atoms with Crippen molar-refractivity contribution in [2.24, 2.45) is 0 Å². The Morgan fingerprint density at radius 1 is 1.04 bits per heavy atom. The molecule has 2 aromatic carbocycles. The number of Topliss-reactive ketones (excluding diaryl/α,β-unsaturated/α-hetero) is 2. The Morgan fingerprint density at radius 2 is 1.70 bits per heavy atom. The lowest BCUT2D eigenvalue weighted by molar-refractivity contribution is 0.0816. The molecular weight excluding hydrogens is 300 g/mol. The summed E-state index contributed by atoms with van der Waals surface area (Å²) < 4.78 is 4.94. The molecule has 0 saturated heterocycles. The molecule has 3 N–H and O–H groups in total. The van der Waals surface area contributed by atoms with E-state index in [1.165, 1.54) is 37.4 Å². The van der Waals surface area contributed by atoms with Gasteiger partial charge in [-0.1, -0.05) is 0 Å². The van der Waals surface area contributed by atoms with E-state index < -0.39 is 18.2 Å². The average Bonchev–Trinajstić information content (AvgIpc) is 2.56. The van der Waals surface area contributed by atoms with Crippen LogP contribution in [0.2, 0.25) is 0 Å². The number of benzene rings is 2. The summed E-state index contributed by atoms with van der Waals surface area (Å²) in [6, 6.07) is 6.59. The number of ketones is 2. The van der Waals surface area contributed by atoms with E-state index in [1.807, 2.05) is 0 Å². The molecule has 6 heteroatoms. The molecule has 2 aromatic rings. The van der Waals surface area contributed by atoms with Crippen LogP contribution in [0.15, 0.2) is 30.3 Å². The molecule has 0 aliphatic rings. The molecule has 2 rings (SSSR count). The van der Waals surface area contributed by atoms with E-state index in [-0.39, 0.29) is 33.9 Å². The first-order chi connectivity index (χ1) is 10.9. The number of phenols is 2. The Bertz CT molecular complexity index is 754. The molecule has 23 heavy (non-hydrogen) atoms. The minimum Gasteiger partial charge on any atom is -0.508 e. The van der Waals surface area contributed by atoms with Crippen molar-refractivity contribution in [3.8, 4) is 17.2 Å². The van der Waals surface area contributed by atoms with E-state index in [2.05, 4.69) is 0 Å². The zero-order valence-corrected chi connectivity index (χ0v) is 12.7. The van der Waals surface area contributed by atoms with Gasteiger partial charge in [0.15, 0.2) is 11.5 Å². The van der Waals surface area contributed by atoms with Crippen molar-refractivity contribution in [3.05, 3.63) is 52.6 Å². The predicted octanol–water partition coefficient (Wildman–Crippen LogP) is 1.97. The highest BCUT2D eigenvalue weighted by atomic mass is 16.5. The number of carbonyl (C=O) groups excluding carboxylic acids is 2. The zero-order valence-electron chi connectivity index (χ0n) is 12.7. The van der Waals surface area contributed by atoms with Crippen LogP contribution in [-0.4, -0.2) is 34.0 Å². The van der Waals surface area contributed by atoms with Gasteiger partial charge in [-0.3, -0.25) is 9.59 Å². The lowest BCUT2D eigenvalue weighted by Gasteiger charge is -2.10. The number of methoxy groups -OCH3 is 1. The third kappa shape index (κ3) is 3.17. The number of hydrogen-bond acceptors (Lipinski definition) is 6. The maximum absolute atomic E-state index is 12.4. The fourth-order valence-electron chi connectivity index (χ4n) is 2.13. The normalized spacial score (nSPS) is 10.4. The van der Waals surface area contributed by atoms with E-state index in [0.717, 1.165) is 0 Å². The van der Waals surface area contributed by atoms with Crippen LogP contribution in [0.4, 0.5) is 0 Å². The maximum Gasteiger partial charge on any atom is 0.233 e. The topological polar surface area (TPSA) is 104 Å². The van der Waals surface area contributed by atoms with Gasteiger partial charge in [-0.2, -0.15) is 0 Å². The van der Waals surface area contributed by atoms with Crippen molar-refractivity contribution in [2.45, 2.75) is 13.5 Å². The molecular formula is C17H16O6. The fraction of sp³-hybridized carbons (Fsp3) is 0.176. The number of phenolic OH excluding ortho intramolecular Hbond substituents is 1. The molecule has 0 aliphatic carbocycles. The summed E-state index contributed by atoms with van der Waals surface area (Å²) in [6.07, 6.45) is 0. The van der Waals surface area contributed by atoms with Crippen LogP contribution in [-0.2, 0) is 6.61 Å². The number of carbonyl (C=O) groups is 2. The summed E-state index contributed by atoms with van der Waals surface area (Å²) in [5, 5.41) is 28.5. The number of aliphatic hydroxyl groups excluding tert-OH is 1. The first-order valence-corrected chi connectivity index (χ1v) is 6.78. The number of aliphatic hydroxyl groups is 1. The Morgan fingerprint density at radius 3 is 2.26 bits per heavy atom. The minimum absolute atomic E-state index is 0.000530. The second-order valence-corrected chi connectivity index (χ2v) is 5.00. The SMILES string of the molecule is COc1cc(C(=O)C(=O)c2ccc(O)c(C)c2)cc(CO)c1O. The molecule has 0 heterocycles. The molecule has 0 bridgehead atoms. The number of aromatic hydroxyl groups is 2. The standard InChI is InChI=1S/C17H16O6/c1-9-5-10(3-4-13(9)19)16(21)17(22)11-6-12(8-18)15(20)14(7-11)23-2/h3-7,18-20H,8H2,1-2H3. The van der Waals surface area contributed by atoms with Gasteiger partial charge in [-0.05, 0) is 42.8 Å². The minimum atomic E-state index is -0.803. The van der Waals surface area contributed by atoms with Crippen molar-refractivity contribution < 1.29 is 29.6 Å². The number of aryl methyl sites for hydroxylation is 1. The van der Waals surface area contributed by atoms with E-state index >= 15 is 0 Å². The van der Waals surface area contributed by atoms with Crippen molar-refractivity contribution in [1.29, 1.82) is 0 Å². The molecule has 120 valence electrons. The maximum atomic E-state index is 12.4. The molecule has 0 radical (unpaired) electrons. The highest BCUT2D eigenvalue weighted by molar-refractivity contribution is 6.49. The zero-order chi connectivity index (χ0) is 17.1. The second kappa shape index (κ2) is 6.50. The van der Waals surface area contributed by atoms with Crippen molar-refractivity contribution in [1.82, 2.24) is 0 Å². The number of hydrogen-bond donors (Lipinski definition) is 3. The van der Waals surface area contributed by atoms with E-state index in [1.54, 1.807) is 6.92 Å². The molecule has 0 saturated carbocycles. The van der Waals surface area contributed by atoms with Gasteiger partial charge in [-0.15, -0.1) is 0 Å². The van der Waals surface area contributed by atoms with Crippen LogP contribution < -0.4 is 4.74 Å². The van der Waals surface area contributed by atoms with Gasteiger partial charge < -0.3 is 20.1 Å². The molecule has 0 amide bonds. The van der Waals surface area contributed by atoms with E-state index in [0.29, 0.717) is 5.56 Å². The van der Waals surface area contributed by atoms with Crippen LogP contribution in [0.25, 0.3) is 0 Å². The van der Waals surface area contributed by atoms with Crippen LogP contribution in [0.1, 0.15) is 31.8 Å². The molecule has 0 atom stereocenters. The van der Waals surface area contributed by atoms with Crippen LogP contribution in [0.3, 0.4) is 0 Å². The van der Waals surface area contributed by atoms with E-state index in [4.69, 9.17) is 4.74 Å². The van der Waals surface area contributed by atoms with Gasteiger partial charge in [0.1, 0.15) is 5.75 Å². The highest BCUT2D eigenvalue weighted by Gasteiger charge is 2.22. The average molecular weight is 316 g/mol. The van der Waals surface area contributed by atoms with Gasteiger partial charge in [0.2, 0.25) is 11.6 Å². The molecule has 6 nitrogen and oxygen atoms in total. The highest BCUT2D eigenvalue weighted by Crippen LogP contribution is 2.32. The summed E-state index contributed by atoms with van der Waals surface area (Å²) in [5.41, 5.74) is 0.702. The smallest absolute Gasteiger partial charge is 0.233 e. The Hall–Kier alpha value is -2.86. The lowest BCUT2D eigenvalue weighted by Crippen LogP contribution is -2.15. The van der Waals surface area contributed by atoms with Gasteiger partial charge in [0.25, 0.3) is 0 Å². The quantitative estimate of drug-likeness (QED) is 0.575. The Labute approximate surface area is 132 Å². The monoisotopic (exact) mass is 316 g/mol. The largest absolute Gasteiger partial charge is 0.508 e. The Balaban J connectivity index is 2.43. The first-order valence-electron chi connectivity index (χ1n) is 6.78. The van der Waals surface area contributed by atoms with E-state index in [9.17, 15) is 24.9 Å². The van der Waals surface area contributed by atoms with Crippen LogP contribution in [0, 0.1) is 6.92 Å². The van der Waals surface area contributed by atoms with Gasteiger partial charge in [0, 0.05) is 16.7 Å². The second-order valence-electron chi connectivity index (χ2n) is 5.00. The number of ether oxygens (including phenoxy) is 1. The van der Waals surface area contributed by atoms with Gasteiger partial charge in [-0.25, -0.2) is 0 Å². The first kappa shape index (κ1) is 16.5. The lowest BCUT2D eigenvalue weighted by atomic mass is 9.98. The summed E-state index contributed by atoms with van der Waals surface area (Å²) in [7, 11) is 1.30. The molecule has 0 aromatic heterocycles. The summed E-state index contributed by atoms with van der Waals surface area (Å²) in [6.45, 7) is 1.11. The van der Waals surface area contributed by atoms with Gasteiger partial charge in [0.05, 0.1) is 13.7 Å². The summed E-state index contributed by atoms with van der Waals surface area (Å²) >= 11 is 0. The number of rotatable bonds is 5. The molecule has 0 aliphatic heterocycles. The van der Waals surface area contributed by atoms with Crippen LogP contribution >= 0.6 is 0 Å². The predicted molar refractivity (Wildman–Crippen MR) is 82.1 cm³/mol. The summed E-state index contributed by atoms with van der Waals surface area (Å²) in [4.78, 5) is 24.7. The Kier molecular flexibility index (Phi) is 4.66. The third-order valence-electron chi connectivity index (χ3n) is 3.47.